The summed E-state index contributed by atoms with van der Waals surface area (Å²) >= 11 is 1.35. The molecular weight excluding hydrogens is 296 g/mol. The fourth-order valence-corrected chi connectivity index (χ4v) is 3.08. The highest BCUT2D eigenvalue weighted by Crippen LogP contribution is 2.31. The highest BCUT2D eigenvalue weighted by Gasteiger charge is 2.18. The molecule has 1 aromatic carbocycles. The molecule has 4 nitrogen and oxygen atoms in total. The van der Waals surface area contributed by atoms with E-state index in [0.29, 0.717) is 10.6 Å². The minimum atomic E-state index is -0.528. The van der Waals surface area contributed by atoms with Gasteiger partial charge >= 0.3 is 0 Å². The summed E-state index contributed by atoms with van der Waals surface area (Å²) in [7, 11) is 0. The fraction of sp³-hybridized carbons (Fsp3) is 0.176. The Hall–Kier alpha value is -2.40. The largest absolute Gasteiger partial charge is 0.365 e. The lowest BCUT2D eigenvalue weighted by molar-refractivity contribution is -0.111. The second kappa shape index (κ2) is 6.58. The lowest BCUT2D eigenvalue weighted by Gasteiger charge is -2.02. The number of nitrogens with two attached hydrogens (primary N) is 1. The molecule has 0 bridgehead atoms. The number of aryl methyl sites for hydroxylation is 2. The number of carbonyl (C=O) groups is 2. The van der Waals surface area contributed by atoms with Crippen molar-refractivity contribution in [1.82, 2.24) is 0 Å². The molecule has 2 rings (SSSR count). The van der Waals surface area contributed by atoms with Crippen LogP contribution in [0.3, 0.4) is 0 Å². The maximum atomic E-state index is 12.0. The Morgan fingerprint density at radius 1 is 1.14 bits per heavy atom. The second-order valence-electron chi connectivity index (χ2n) is 5.08. The molecule has 0 atom stereocenters. The molecule has 2 amide bonds. The molecule has 0 fully saturated rings. The third-order valence-electron chi connectivity index (χ3n) is 3.37. The molecular formula is C17H18N2O2S. The van der Waals surface area contributed by atoms with E-state index in [0.717, 1.165) is 21.6 Å². The van der Waals surface area contributed by atoms with Crippen molar-refractivity contribution in [1.29, 1.82) is 0 Å². The summed E-state index contributed by atoms with van der Waals surface area (Å²) in [5.74, 6) is -0.816. The molecule has 2 aromatic rings. The van der Waals surface area contributed by atoms with Crippen LogP contribution in [0.15, 0.2) is 30.3 Å². The molecule has 0 aliphatic carbocycles. The van der Waals surface area contributed by atoms with E-state index in [2.05, 4.69) is 5.32 Å². The van der Waals surface area contributed by atoms with Crippen LogP contribution in [-0.4, -0.2) is 11.8 Å². The van der Waals surface area contributed by atoms with Gasteiger partial charge in [-0.1, -0.05) is 29.8 Å². The highest BCUT2D eigenvalue weighted by molar-refractivity contribution is 7.16. The SMILES string of the molecule is Cc1ccc(C=CC(=O)Nc2sc(C)c(C)c2C(N)=O)cc1. The number of nitrogens with one attached hydrogen (secondary N) is 1. The zero-order valence-electron chi connectivity index (χ0n) is 12.8. The van der Waals surface area contributed by atoms with Crippen molar-refractivity contribution in [3.8, 4) is 0 Å². The van der Waals surface area contributed by atoms with Gasteiger partial charge in [-0.3, -0.25) is 9.59 Å². The summed E-state index contributed by atoms with van der Waals surface area (Å²) in [6, 6.07) is 7.84. The zero-order valence-corrected chi connectivity index (χ0v) is 13.6. The van der Waals surface area contributed by atoms with E-state index in [-0.39, 0.29) is 5.91 Å². The maximum absolute atomic E-state index is 12.0. The van der Waals surface area contributed by atoms with Crippen molar-refractivity contribution >= 4 is 34.2 Å². The van der Waals surface area contributed by atoms with Crippen molar-refractivity contribution in [2.45, 2.75) is 20.8 Å². The van der Waals surface area contributed by atoms with Gasteiger partial charge in [0.2, 0.25) is 5.91 Å². The Balaban J connectivity index is 2.14. The van der Waals surface area contributed by atoms with Gasteiger partial charge in [0.25, 0.3) is 5.91 Å². The number of hydrogen-bond donors (Lipinski definition) is 2. The van der Waals surface area contributed by atoms with Gasteiger partial charge in [0.05, 0.1) is 5.56 Å². The Labute approximate surface area is 133 Å². The lowest BCUT2D eigenvalue weighted by atomic mass is 10.1. The van der Waals surface area contributed by atoms with Gasteiger partial charge in [-0.05, 0) is 38.0 Å². The molecule has 0 unspecified atom stereocenters. The average molecular weight is 314 g/mol. The van der Waals surface area contributed by atoms with Gasteiger partial charge in [0.15, 0.2) is 0 Å². The molecule has 0 aliphatic heterocycles. The number of primary amides is 1. The van der Waals surface area contributed by atoms with Crippen molar-refractivity contribution in [3.05, 3.63) is 57.5 Å². The molecule has 22 heavy (non-hydrogen) atoms. The monoisotopic (exact) mass is 314 g/mol. The molecule has 0 spiro atoms. The smallest absolute Gasteiger partial charge is 0.251 e. The van der Waals surface area contributed by atoms with Crippen molar-refractivity contribution in [2.24, 2.45) is 5.73 Å². The minimum Gasteiger partial charge on any atom is -0.365 e. The number of benzene rings is 1. The maximum Gasteiger partial charge on any atom is 0.251 e. The Kier molecular flexibility index (Phi) is 4.78. The first kappa shape index (κ1) is 16.0. The predicted molar refractivity (Wildman–Crippen MR) is 91.2 cm³/mol. The third kappa shape index (κ3) is 3.62. The number of anilines is 1. The predicted octanol–water partition coefficient (Wildman–Crippen LogP) is 3.42. The molecule has 0 saturated carbocycles. The summed E-state index contributed by atoms with van der Waals surface area (Å²) < 4.78 is 0. The van der Waals surface area contributed by atoms with E-state index in [4.69, 9.17) is 5.73 Å². The second-order valence-corrected chi connectivity index (χ2v) is 6.31. The average Bonchev–Trinajstić information content (AvgIpc) is 2.73. The van der Waals surface area contributed by atoms with Crippen molar-refractivity contribution in [3.63, 3.8) is 0 Å². The fourth-order valence-electron chi connectivity index (χ4n) is 2.01. The number of rotatable bonds is 4. The Bertz CT molecular complexity index is 743. The first-order valence-corrected chi connectivity index (χ1v) is 7.65. The molecule has 5 heteroatoms. The van der Waals surface area contributed by atoms with Crippen LogP contribution in [0.5, 0.6) is 0 Å². The van der Waals surface area contributed by atoms with Gasteiger partial charge < -0.3 is 11.1 Å². The highest BCUT2D eigenvalue weighted by atomic mass is 32.1. The van der Waals surface area contributed by atoms with Crippen molar-refractivity contribution in [2.75, 3.05) is 5.32 Å². The third-order valence-corrected chi connectivity index (χ3v) is 4.50. The molecule has 114 valence electrons. The summed E-state index contributed by atoms with van der Waals surface area (Å²) in [6.07, 6.45) is 3.17. The van der Waals surface area contributed by atoms with Crippen LogP contribution >= 0.6 is 11.3 Å². The first-order valence-electron chi connectivity index (χ1n) is 6.84. The molecule has 1 heterocycles. The van der Waals surface area contributed by atoms with Gasteiger partial charge in [-0.25, -0.2) is 0 Å². The number of thiophene rings is 1. The quantitative estimate of drug-likeness (QED) is 0.849. The van der Waals surface area contributed by atoms with E-state index in [1.165, 1.54) is 17.4 Å². The first-order chi connectivity index (χ1) is 10.4. The summed E-state index contributed by atoms with van der Waals surface area (Å²) in [5, 5.41) is 3.23. The van der Waals surface area contributed by atoms with E-state index in [9.17, 15) is 9.59 Å². The van der Waals surface area contributed by atoms with Crippen LogP contribution < -0.4 is 11.1 Å². The lowest BCUT2D eigenvalue weighted by Crippen LogP contribution is -2.16. The molecule has 1 aromatic heterocycles. The van der Waals surface area contributed by atoms with Crippen LogP contribution in [0.25, 0.3) is 6.08 Å². The molecule has 0 saturated heterocycles. The van der Waals surface area contributed by atoms with E-state index >= 15 is 0 Å². The van der Waals surface area contributed by atoms with E-state index in [1.54, 1.807) is 6.08 Å². The Morgan fingerprint density at radius 2 is 1.77 bits per heavy atom. The molecule has 0 aliphatic rings. The van der Waals surface area contributed by atoms with Crippen LogP contribution in [0.4, 0.5) is 5.00 Å². The Morgan fingerprint density at radius 3 is 2.36 bits per heavy atom. The van der Waals surface area contributed by atoms with Gasteiger partial charge in [-0.15, -0.1) is 11.3 Å². The van der Waals surface area contributed by atoms with Gasteiger partial charge in [0, 0.05) is 11.0 Å². The zero-order chi connectivity index (χ0) is 16.3. The topological polar surface area (TPSA) is 72.2 Å². The number of hydrogen-bond acceptors (Lipinski definition) is 3. The van der Waals surface area contributed by atoms with E-state index in [1.807, 2.05) is 45.0 Å². The van der Waals surface area contributed by atoms with Gasteiger partial charge in [0.1, 0.15) is 5.00 Å². The summed E-state index contributed by atoms with van der Waals surface area (Å²) in [5.41, 5.74) is 8.69. The van der Waals surface area contributed by atoms with E-state index < -0.39 is 5.91 Å². The summed E-state index contributed by atoms with van der Waals surface area (Å²) in [4.78, 5) is 24.5. The minimum absolute atomic E-state index is 0.288. The van der Waals surface area contributed by atoms with Crippen molar-refractivity contribution < 1.29 is 9.59 Å². The standard InChI is InChI=1S/C17H18N2O2S/c1-10-4-6-13(7-5-10)8-9-14(20)19-17-15(16(18)21)11(2)12(3)22-17/h4-9H,1-3H3,(H2,18,21)(H,19,20). The van der Waals surface area contributed by atoms with Crippen LogP contribution in [-0.2, 0) is 4.79 Å². The molecule has 0 radical (unpaired) electrons. The van der Waals surface area contributed by atoms with Crippen LogP contribution in [0, 0.1) is 20.8 Å². The normalized spacial score (nSPS) is 10.9. The number of amides is 2. The number of carbonyl (C=O) groups excluding carboxylic acids is 2. The van der Waals surface area contributed by atoms with Gasteiger partial charge in [-0.2, -0.15) is 0 Å². The van der Waals surface area contributed by atoms with Crippen LogP contribution in [0.2, 0.25) is 0 Å². The van der Waals surface area contributed by atoms with Crippen LogP contribution in [0.1, 0.15) is 31.9 Å². The molecule has 3 N–H and O–H groups in total. The summed E-state index contributed by atoms with van der Waals surface area (Å²) in [6.45, 7) is 5.72.